The molecule has 3 aromatic rings. The Labute approximate surface area is 555 Å². The molecule has 3 aromatic carbocycles. The van der Waals surface area contributed by atoms with Crippen LogP contribution in [0.4, 0.5) is 0 Å². The molecular weight excluding hydrogens is 1190 g/mol. The van der Waals surface area contributed by atoms with Crippen LogP contribution in [0.3, 0.4) is 0 Å². The zero-order chi connectivity index (χ0) is 63.5. The molecule has 0 N–H and O–H groups in total. The van der Waals surface area contributed by atoms with E-state index in [4.69, 9.17) is 75.8 Å². The molecule has 30 atom stereocenters. The maximum Gasteiger partial charge on any atom is 0.171 e. The van der Waals surface area contributed by atoms with Crippen LogP contribution in [0.15, 0.2) is 140 Å². The third-order valence-corrected chi connectivity index (χ3v) is 23.8. The second-order valence-electron chi connectivity index (χ2n) is 29.9. The molecule has 0 aliphatic carbocycles. The van der Waals surface area contributed by atoms with E-state index in [-0.39, 0.29) is 170 Å². The molecule has 16 nitrogen and oxygen atoms in total. The Bertz CT molecular complexity index is 3110. The lowest BCUT2D eigenvalue weighted by Crippen LogP contribution is -2.64. The Hall–Kier alpha value is -4.02. The molecule has 0 aromatic heterocycles. The molecule has 0 bridgehead atoms. The summed E-state index contributed by atoms with van der Waals surface area (Å²) in [5, 5.41) is 0. The zero-order valence-electron chi connectivity index (χ0n) is 55.5. The maximum atomic E-state index is 7.70. The largest absolute Gasteiger partial charge is 0.370 e. The Kier molecular flexibility index (Phi) is 19.2. The monoisotopic (exact) mass is 1290 g/mol. The molecule has 9 saturated heterocycles. The van der Waals surface area contributed by atoms with Crippen LogP contribution < -0.4 is 0 Å². The highest BCUT2D eigenvalue weighted by Crippen LogP contribution is 2.53. The van der Waals surface area contributed by atoms with Gasteiger partial charge in [0.2, 0.25) is 0 Å². The first-order valence-corrected chi connectivity index (χ1v) is 36.1. The predicted octanol–water partition coefficient (Wildman–Crippen LogP) is 11.8. The molecule has 0 radical (unpaired) electrons. The fraction of sp³-hybridized carbons (Fsp3) is 0.667. The Morgan fingerprint density at radius 1 is 0.415 bits per heavy atom. The molecule has 1 spiro atoms. The second-order valence-corrected chi connectivity index (χ2v) is 29.9. The fourth-order valence-electron chi connectivity index (χ4n) is 18.5. The highest BCUT2D eigenvalue weighted by Gasteiger charge is 2.63. The van der Waals surface area contributed by atoms with Crippen LogP contribution in [0, 0.1) is 23.7 Å². The van der Waals surface area contributed by atoms with Crippen molar-refractivity contribution in [1.29, 1.82) is 0 Å². The van der Waals surface area contributed by atoms with E-state index in [0.717, 1.165) is 48.8 Å². The van der Waals surface area contributed by atoms with Crippen molar-refractivity contribution in [3.63, 3.8) is 0 Å². The van der Waals surface area contributed by atoms with Crippen molar-refractivity contribution in [3.8, 4) is 0 Å². The van der Waals surface area contributed by atoms with E-state index in [1.165, 1.54) is 0 Å². The van der Waals surface area contributed by atoms with Gasteiger partial charge in [0, 0.05) is 43.9 Å². The van der Waals surface area contributed by atoms with E-state index in [1.54, 1.807) is 0 Å². The zero-order valence-corrected chi connectivity index (χ0v) is 55.5. The Morgan fingerprint density at radius 3 is 1.72 bits per heavy atom. The van der Waals surface area contributed by atoms with Crippen molar-refractivity contribution in [2.45, 2.75) is 289 Å². The third-order valence-electron chi connectivity index (χ3n) is 23.8. The highest BCUT2D eigenvalue weighted by molar-refractivity contribution is 5.19. The van der Waals surface area contributed by atoms with Crippen LogP contribution in [-0.2, 0) is 95.6 Å². The van der Waals surface area contributed by atoms with Crippen LogP contribution in [0.25, 0.3) is 0 Å². The van der Waals surface area contributed by atoms with Gasteiger partial charge < -0.3 is 75.8 Å². The average molecular weight is 1290 g/mol. The van der Waals surface area contributed by atoms with Crippen LogP contribution in [0.5, 0.6) is 0 Å². The summed E-state index contributed by atoms with van der Waals surface area (Å²) in [5.74, 6) is -0.153. The summed E-state index contributed by atoms with van der Waals surface area (Å²) in [6.07, 6.45) is 19.5. The molecule has 9 fully saturated rings. The molecule has 94 heavy (non-hydrogen) atoms. The summed E-state index contributed by atoms with van der Waals surface area (Å²) in [4.78, 5) is 0. The van der Waals surface area contributed by atoms with Gasteiger partial charge in [0.05, 0.1) is 137 Å². The number of fused-ring (bicyclic) bond motifs is 11. The molecule has 13 aliphatic rings. The minimum absolute atomic E-state index is 0.0375. The minimum Gasteiger partial charge on any atom is -0.370 e. The summed E-state index contributed by atoms with van der Waals surface area (Å²) in [5.41, 5.74) is 2.50. The number of ether oxygens (including phenoxy) is 16. The Balaban J connectivity index is 0.638. The lowest BCUT2D eigenvalue weighted by molar-refractivity contribution is -0.342. The van der Waals surface area contributed by atoms with Crippen molar-refractivity contribution in [3.05, 3.63) is 156 Å². The van der Waals surface area contributed by atoms with E-state index in [2.05, 4.69) is 156 Å². The van der Waals surface area contributed by atoms with Gasteiger partial charge in [-0.2, -0.15) is 0 Å². The molecule has 16 rings (SSSR count). The van der Waals surface area contributed by atoms with E-state index in [9.17, 15) is 0 Å². The van der Waals surface area contributed by atoms with Crippen molar-refractivity contribution >= 4 is 0 Å². The van der Waals surface area contributed by atoms with Crippen molar-refractivity contribution in [2.24, 2.45) is 23.7 Å². The molecule has 508 valence electrons. The molecule has 1 unspecified atom stereocenters. The van der Waals surface area contributed by atoms with Gasteiger partial charge in [0.15, 0.2) is 5.79 Å². The van der Waals surface area contributed by atoms with Crippen molar-refractivity contribution in [2.75, 3.05) is 13.2 Å². The first-order valence-electron chi connectivity index (χ1n) is 36.1. The van der Waals surface area contributed by atoms with Crippen LogP contribution in [0.2, 0.25) is 0 Å². The summed E-state index contributed by atoms with van der Waals surface area (Å²) >= 11 is 0. The number of rotatable bonds is 9. The van der Waals surface area contributed by atoms with Crippen LogP contribution >= 0.6 is 0 Å². The number of hydrogen-bond acceptors (Lipinski definition) is 16. The smallest absolute Gasteiger partial charge is 0.171 e. The Morgan fingerprint density at radius 2 is 0.979 bits per heavy atom. The summed E-state index contributed by atoms with van der Waals surface area (Å²) in [6, 6.07) is 31.2. The lowest BCUT2D eigenvalue weighted by Gasteiger charge is -2.53. The minimum atomic E-state index is -0.840. The molecule has 13 aliphatic heterocycles. The SMILES string of the molecule is C[C@@H]1C[C@@H]2O[C@@H]3[C@@H](C)[C@H](OCc4ccccc4)[C@@H]4OC5(CCCO5)[C@@H](C)[C@H](C)[C@H]4O[C@H]3C[C@H]2O[C@H]2C[C@H]3O[C@H]4CC=CC[C@H]5O[C@H]6C=C[C@H]7O[C@H]8[C@H](OCc9ccccc9)[C@H]9OCC=CC[C@@H]9O[C@@H]8C[C@@H]7O[C@@H]6CC=C[C@@H]5O[C@@H]4C[C@@H](OCc4ccccc4)[C@]3(C)O[C@@H]2C1. The van der Waals surface area contributed by atoms with Gasteiger partial charge >= 0.3 is 0 Å². The van der Waals surface area contributed by atoms with Crippen LogP contribution in [0.1, 0.15) is 128 Å². The van der Waals surface area contributed by atoms with E-state index in [1.807, 2.05) is 18.2 Å². The van der Waals surface area contributed by atoms with Gasteiger partial charge in [-0.25, -0.2) is 0 Å². The maximum absolute atomic E-state index is 7.70. The van der Waals surface area contributed by atoms with E-state index in [0.29, 0.717) is 78.0 Å². The topological polar surface area (TPSA) is 148 Å². The second kappa shape index (κ2) is 27.9. The van der Waals surface area contributed by atoms with E-state index >= 15 is 0 Å². The standard InChI is InChI=1S/C78H100O16/c1-46-37-60-62(40-66-70(91-60)48(3)71(81-44-51-23-11-7-12-24-51)76-72(92-66)47(2)49(4)78(94-76)34-20-36-83-78)88-64-42-69-77(5,93-65(64)38-46)68(80-43-50-21-9-6-10-22-50)41-63-56(89-69)28-16-15-27-53-54(86-63)30-19-31-55-57(84-53)32-33-58-61(85-55)39-67-74(90-58)75(82-45-52-25-13-8-14-26-52)73-59(87-67)29-17-18-35-79-73/h6-19,21-26,30,32-33,46-49,53-76H,20,27-29,31,34-45H2,1-5H3/t46-,47+,48-,49+,53-,54+,55-,56+,57+,58-,59+,60+,61+,62-,63-,64+,65-,66+,67-,68-,69-,70-,71+,72-,73+,74-,75-,76+,77+,78?/m1/s1. The molecule has 0 saturated carbocycles. The van der Waals surface area contributed by atoms with E-state index < -0.39 is 11.4 Å². The number of benzene rings is 3. The molecule has 0 amide bonds. The number of hydrogen-bond donors (Lipinski definition) is 0. The van der Waals surface area contributed by atoms with Gasteiger partial charge in [0.25, 0.3) is 0 Å². The normalized spacial score (nSPS) is 47.3. The average Bonchev–Trinajstić information content (AvgIpc) is 1.50. The van der Waals surface area contributed by atoms with Gasteiger partial charge in [-0.15, -0.1) is 0 Å². The quantitative estimate of drug-likeness (QED) is 0.187. The van der Waals surface area contributed by atoms with Crippen LogP contribution in [-0.4, -0.2) is 171 Å². The lowest BCUT2D eigenvalue weighted by atomic mass is 9.76. The predicted molar refractivity (Wildman–Crippen MR) is 348 cm³/mol. The molecule has 13 heterocycles. The van der Waals surface area contributed by atoms with Crippen molar-refractivity contribution in [1.82, 2.24) is 0 Å². The van der Waals surface area contributed by atoms with Crippen molar-refractivity contribution < 1.29 is 75.8 Å². The summed E-state index contributed by atoms with van der Waals surface area (Å²) in [7, 11) is 0. The van der Waals surface area contributed by atoms with Gasteiger partial charge in [-0.1, -0.05) is 167 Å². The summed E-state index contributed by atoms with van der Waals surface area (Å²) in [6.45, 7) is 14.0. The first-order chi connectivity index (χ1) is 46.0. The first kappa shape index (κ1) is 64.6. The highest BCUT2D eigenvalue weighted by atomic mass is 16.7. The molecular formula is C78H100O16. The molecule has 16 heteroatoms. The third kappa shape index (κ3) is 13.0. The fourth-order valence-corrected chi connectivity index (χ4v) is 18.5. The van der Waals surface area contributed by atoms with Gasteiger partial charge in [0.1, 0.15) is 48.3 Å². The van der Waals surface area contributed by atoms with Gasteiger partial charge in [-0.3, -0.25) is 0 Å². The van der Waals surface area contributed by atoms with Gasteiger partial charge in [-0.05, 0) is 80.4 Å². The summed E-state index contributed by atoms with van der Waals surface area (Å²) < 4.78 is 115.